The van der Waals surface area contributed by atoms with Crippen LogP contribution in [0.4, 0.5) is 5.82 Å². The summed E-state index contributed by atoms with van der Waals surface area (Å²) in [4.78, 5) is 6.70. The lowest BCUT2D eigenvalue weighted by molar-refractivity contribution is 0.326. The molecule has 0 bridgehead atoms. The van der Waals surface area contributed by atoms with Crippen LogP contribution in [0.1, 0.15) is 19.8 Å². The van der Waals surface area contributed by atoms with Crippen molar-refractivity contribution in [2.45, 2.75) is 19.8 Å². The Hall–Kier alpha value is -1.78. The number of piperidine rings is 1. The maximum atomic E-state index is 7.47. The molecule has 0 atom stereocenters. The molecule has 98 valence electrons. The van der Waals surface area contributed by atoms with Crippen LogP contribution in [0.15, 0.2) is 18.2 Å². The Kier molecular flexibility index (Phi) is 4.02. The van der Waals surface area contributed by atoms with Crippen LogP contribution in [0.5, 0.6) is 5.88 Å². The van der Waals surface area contributed by atoms with Crippen molar-refractivity contribution in [3.8, 4) is 5.88 Å². The molecule has 2 rings (SSSR count). The highest BCUT2D eigenvalue weighted by atomic mass is 16.5. The first-order valence-electron chi connectivity index (χ1n) is 6.39. The van der Waals surface area contributed by atoms with Gasteiger partial charge in [-0.05, 0) is 25.8 Å². The minimum atomic E-state index is 0.233. The smallest absolute Gasteiger partial charge is 0.215 e. The van der Waals surface area contributed by atoms with Gasteiger partial charge >= 0.3 is 0 Å². The summed E-state index contributed by atoms with van der Waals surface area (Å²) < 4.78 is 5.40. The van der Waals surface area contributed by atoms with E-state index in [9.17, 15) is 0 Å². The van der Waals surface area contributed by atoms with Gasteiger partial charge in [0.1, 0.15) is 5.82 Å². The second kappa shape index (κ2) is 5.71. The standard InChI is InChI=1S/C13H20N4O/c1-2-18-12-5-3-4-11(16-12)17-8-6-10(7-9-17)13(14)15/h3-5,10H,2,6-9H2,1H3,(H3,14,15). The van der Waals surface area contributed by atoms with Gasteiger partial charge in [0.25, 0.3) is 0 Å². The third kappa shape index (κ3) is 2.91. The summed E-state index contributed by atoms with van der Waals surface area (Å²) in [6, 6.07) is 5.83. The van der Waals surface area contributed by atoms with E-state index in [0.29, 0.717) is 18.3 Å². The Morgan fingerprint density at radius 3 is 2.83 bits per heavy atom. The van der Waals surface area contributed by atoms with Gasteiger partial charge in [0.05, 0.1) is 12.4 Å². The zero-order valence-electron chi connectivity index (χ0n) is 10.7. The molecule has 0 aliphatic carbocycles. The van der Waals surface area contributed by atoms with Gasteiger partial charge < -0.3 is 15.4 Å². The first-order chi connectivity index (χ1) is 8.70. The van der Waals surface area contributed by atoms with E-state index < -0.39 is 0 Å². The summed E-state index contributed by atoms with van der Waals surface area (Å²) in [5.41, 5.74) is 5.54. The van der Waals surface area contributed by atoms with Crippen molar-refractivity contribution in [2.75, 3.05) is 24.6 Å². The number of nitrogens with two attached hydrogens (primary N) is 1. The van der Waals surface area contributed by atoms with Crippen LogP contribution < -0.4 is 15.4 Å². The number of nitrogens with zero attached hydrogens (tertiary/aromatic N) is 2. The lowest BCUT2D eigenvalue weighted by Crippen LogP contribution is -2.38. The molecule has 18 heavy (non-hydrogen) atoms. The summed E-state index contributed by atoms with van der Waals surface area (Å²) in [5.74, 6) is 2.16. The number of aromatic nitrogens is 1. The van der Waals surface area contributed by atoms with Crippen molar-refractivity contribution >= 4 is 11.7 Å². The molecule has 1 aliphatic rings. The molecule has 3 N–H and O–H groups in total. The fourth-order valence-corrected chi connectivity index (χ4v) is 2.23. The average molecular weight is 248 g/mol. The first kappa shape index (κ1) is 12.7. The molecule has 5 nitrogen and oxygen atoms in total. The Morgan fingerprint density at radius 2 is 2.22 bits per heavy atom. The third-order valence-electron chi connectivity index (χ3n) is 3.26. The number of hydrogen-bond donors (Lipinski definition) is 2. The Labute approximate surface area is 107 Å². The predicted molar refractivity (Wildman–Crippen MR) is 72.3 cm³/mol. The first-order valence-corrected chi connectivity index (χ1v) is 6.39. The zero-order valence-corrected chi connectivity index (χ0v) is 10.7. The number of anilines is 1. The Morgan fingerprint density at radius 1 is 1.50 bits per heavy atom. The van der Waals surface area contributed by atoms with E-state index in [2.05, 4.69) is 9.88 Å². The largest absolute Gasteiger partial charge is 0.478 e. The maximum Gasteiger partial charge on any atom is 0.215 e. The quantitative estimate of drug-likeness (QED) is 0.627. The van der Waals surface area contributed by atoms with Crippen LogP contribution in [0.2, 0.25) is 0 Å². The van der Waals surface area contributed by atoms with Crippen molar-refractivity contribution in [1.29, 1.82) is 5.41 Å². The SMILES string of the molecule is CCOc1cccc(N2CCC(C(=N)N)CC2)n1. The second-order valence-corrected chi connectivity index (χ2v) is 4.48. The van der Waals surface area contributed by atoms with E-state index in [1.165, 1.54) is 0 Å². The number of ether oxygens (including phenoxy) is 1. The summed E-state index contributed by atoms with van der Waals surface area (Å²) in [7, 11) is 0. The van der Waals surface area contributed by atoms with Crippen molar-refractivity contribution in [2.24, 2.45) is 11.7 Å². The topological polar surface area (TPSA) is 75.2 Å². The minimum Gasteiger partial charge on any atom is -0.478 e. The normalized spacial score (nSPS) is 16.6. The van der Waals surface area contributed by atoms with Gasteiger partial charge in [0, 0.05) is 25.1 Å². The summed E-state index contributed by atoms with van der Waals surface area (Å²) in [6.07, 6.45) is 1.85. The van der Waals surface area contributed by atoms with Gasteiger partial charge in [-0.2, -0.15) is 4.98 Å². The summed E-state index contributed by atoms with van der Waals surface area (Å²) in [6.45, 7) is 4.37. The predicted octanol–water partition coefficient (Wildman–Crippen LogP) is 1.63. The van der Waals surface area contributed by atoms with Gasteiger partial charge in [-0.25, -0.2) is 0 Å². The van der Waals surface area contributed by atoms with Crippen LogP contribution in [-0.4, -0.2) is 30.5 Å². The number of pyridine rings is 1. The molecule has 2 heterocycles. The molecule has 1 aromatic heterocycles. The molecule has 0 spiro atoms. The van der Waals surface area contributed by atoms with Gasteiger partial charge in [-0.1, -0.05) is 6.07 Å². The molecule has 5 heteroatoms. The molecule has 1 aliphatic heterocycles. The van der Waals surface area contributed by atoms with Crippen molar-refractivity contribution in [3.05, 3.63) is 18.2 Å². The van der Waals surface area contributed by atoms with Crippen molar-refractivity contribution in [3.63, 3.8) is 0 Å². The number of hydrogen-bond acceptors (Lipinski definition) is 4. The minimum absolute atomic E-state index is 0.233. The van der Waals surface area contributed by atoms with E-state index in [1.54, 1.807) is 0 Å². The van der Waals surface area contributed by atoms with Gasteiger partial charge in [-0.15, -0.1) is 0 Å². The summed E-state index contributed by atoms with van der Waals surface area (Å²) >= 11 is 0. The molecule has 1 saturated heterocycles. The van der Waals surface area contributed by atoms with Gasteiger partial charge in [0.15, 0.2) is 0 Å². The van der Waals surface area contributed by atoms with Gasteiger partial charge in [0.2, 0.25) is 5.88 Å². The molecule has 0 radical (unpaired) electrons. The fraction of sp³-hybridized carbons (Fsp3) is 0.538. The fourth-order valence-electron chi connectivity index (χ4n) is 2.23. The maximum absolute atomic E-state index is 7.47. The number of rotatable bonds is 4. The van der Waals surface area contributed by atoms with E-state index in [-0.39, 0.29) is 5.92 Å². The Bertz CT molecular complexity index is 413. The highest BCUT2D eigenvalue weighted by molar-refractivity contribution is 5.79. The molecule has 0 unspecified atom stereocenters. The molecule has 0 amide bonds. The lowest BCUT2D eigenvalue weighted by Gasteiger charge is -2.32. The van der Waals surface area contributed by atoms with Crippen LogP contribution in [-0.2, 0) is 0 Å². The second-order valence-electron chi connectivity index (χ2n) is 4.48. The zero-order chi connectivity index (χ0) is 13.0. The molecular formula is C13H20N4O. The van der Waals surface area contributed by atoms with Crippen LogP contribution >= 0.6 is 0 Å². The van der Waals surface area contributed by atoms with Crippen LogP contribution in [0.25, 0.3) is 0 Å². The number of amidine groups is 1. The molecule has 0 saturated carbocycles. The number of nitrogens with one attached hydrogen (secondary N) is 1. The van der Waals surface area contributed by atoms with E-state index in [4.69, 9.17) is 15.9 Å². The van der Waals surface area contributed by atoms with Crippen LogP contribution in [0, 0.1) is 11.3 Å². The van der Waals surface area contributed by atoms with E-state index >= 15 is 0 Å². The van der Waals surface area contributed by atoms with Gasteiger partial charge in [-0.3, -0.25) is 5.41 Å². The van der Waals surface area contributed by atoms with Crippen LogP contribution in [0.3, 0.4) is 0 Å². The molecule has 1 aromatic rings. The highest BCUT2D eigenvalue weighted by Gasteiger charge is 2.22. The van der Waals surface area contributed by atoms with Crippen molar-refractivity contribution < 1.29 is 4.74 Å². The molecular weight excluding hydrogens is 228 g/mol. The van der Waals surface area contributed by atoms with Crippen molar-refractivity contribution in [1.82, 2.24) is 4.98 Å². The lowest BCUT2D eigenvalue weighted by atomic mass is 9.96. The highest BCUT2D eigenvalue weighted by Crippen LogP contribution is 2.23. The van der Waals surface area contributed by atoms with E-state index in [0.717, 1.165) is 31.7 Å². The Balaban J connectivity index is 2.00. The third-order valence-corrected chi connectivity index (χ3v) is 3.26. The summed E-state index contributed by atoms with van der Waals surface area (Å²) in [5, 5.41) is 7.47. The molecule has 0 aromatic carbocycles. The monoisotopic (exact) mass is 248 g/mol. The van der Waals surface area contributed by atoms with E-state index in [1.807, 2.05) is 25.1 Å². The average Bonchev–Trinajstić information content (AvgIpc) is 2.39. The molecule has 1 fully saturated rings.